The molecule has 0 aliphatic rings. The number of hydrogen-bond acceptors (Lipinski definition) is 1. The molecule has 1 heterocycles. The summed E-state index contributed by atoms with van der Waals surface area (Å²) in [6.07, 6.45) is 3.65. The minimum absolute atomic E-state index is 1.61. The van der Waals surface area contributed by atoms with Gasteiger partial charge in [-0.3, -0.25) is 0 Å². The van der Waals surface area contributed by atoms with Gasteiger partial charge in [-0.15, -0.1) is 0 Å². The third-order valence-corrected chi connectivity index (χ3v) is 1.11. The van der Waals surface area contributed by atoms with Gasteiger partial charge in [-0.2, -0.15) is 4.73 Å². The van der Waals surface area contributed by atoms with E-state index in [0.717, 1.165) is 0 Å². The van der Waals surface area contributed by atoms with Crippen molar-refractivity contribution in [2.75, 3.05) is 0 Å². The Morgan fingerprint density at radius 3 is 2.14 bits per heavy atom. The van der Waals surface area contributed by atoms with Crippen LogP contribution in [0.3, 0.4) is 0 Å². The van der Waals surface area contributed by atoms with Crippen LogP contribution in [0, 0.1) is 0 Å². The first kappa shape index (κ1) is 4.96. The summed E-state index contributed by atoms with van der Waals surface area (Å²) in [4.78, 5) is 0. The van der Waals surface area contributed by atoms with Crippen LogP contribution in [0.5, 0.6) is 0 Å². The fourth-order valence-electron chi connectivity index (χ4n) is 0.365. The SMILES string of the molecule is IOn1cccc1. The molecule has 0 fully saturated rings. The monoisotopic (exact) mass is 209 g/mol. The Kier molecular flexibility index (Phi) is 1.56. The van der Waals surface area contributed by atoms with E-state index in [4.69, 9.17) is 3.17 Å². The van der Waals surface area contributed by atoms with Crippen molar-refractivity contribution < 1.29 is 3.17 Å². The summed E-state index contributed by atoms with van der Waals surface area (Å²) < 4.78 is 6.35. The molecule has 3 heteroatoms. The summed E-state index contributed by atoms with van der Waals surface area (Å²) in [7, 11) is 0. The summed E-state index contributed by atoms with van der Waals surface area (Å²) in [6, 6.07) is 3.80. The Balaban J connectivity index is 2.76. The Morgan fingerprint density at radius 2 is 1.86 bits per heavy atom. The van der Waals surface area contributed by atoms with E-state index < -0.39 is 0 Å². The first-order chi connectivity index (χ1) is 3.43. The number of rotatable bonds is 1. The fraction of sp³-hybridized carbons (Fsp3) is 0. The highest BCUT2D eigenvalue weighted by Gasteiger charge is 1.77. The average molecular weight is 209 g/mol. The van der Waals surface area contributed by atoms with Crippen molar-refractivity contribution in [1.29, 1.82) is 0 Å². The molecule has 1 aromatic heterocycles. The van der Waals surface area contributed by atoms with Crippen LogP contribution in [0.1, 0.15) is 0 Å². The van der Waals surface area contributed by atoms with Gasteiger partial charge in [-0.05, 0) is 12.1 Å². The summed E-state index contributed by atoms with van der Waals surface area (Å²) in [5, 5.41) is 0. The molecule has 0 atom stereocenters. The largest absolute Gasteiger partial charge is 0.346 e. The van der Waals surface area contributed by atoms with Gasteiger partial charge in [-0.25, -0.2) is 0 Å². The lowest BCUT2D eigenvalue weighted by atomic mass is 10.7. The van der Waals surface area contributed by atoms with E-state index in [9.17, 15) is 0 Å². The molecule has 0 amide bonds. The number of aromatic nitrogens is 1. The lowest BCUT2D eigenvalue weighted by molar-refractivity contribution is 0.372. The summed E-state index contributed by atoms with van der Waals surface area (Å²) in [5.74, 6) is 0. The predicted octanol–water partition coefficient (Wildman–Crippen LogP) is 1.27. The maximum Gasteiger partial charge on any atom is 0.227 e. The van der Waals surface area contributed by atoms with Gasteiger partial charge >= 0.3 is 0 Å². The maximum absolute atomic E-state index is 4.74. The van der Waals surface area contributed by atoms with Crippen molar-refractivity contribution >= 4 is 23.0 Å². The van der Waals surface area contributed by atoms with Gasteiger partial charge < -0.3 is 3.17 Å². The first-order valence-corrected chi connectivity index (χ1v) is 2.73. The molecular formula is C4H4INO. The molecule has 0 bridgehead atoms. The van der Waals surface area contributed by atoms with Gasteiger partial charge in [0.15, 0.2) is 0 Å². The molecule has 0 aromatic carbocycles. The predicted molar refractivity (Wildman–Crippen MR) is 35.0 cm³/mol. The molecule has 0 radical (unpaired) electrons. The molecule has 0 aliphatic heterocycles. The smallest absolute Gasteiger partial charge is 0.227 e. The zero-order valence-electron chi connectivity index (χ0n) is 3.54. The van der Waals surface area contributed by atoms with Gasteiger partial charge in [0.05, 0.1) is 0 Å². The maximum atomic E-state index is 4.74. The van der Waals surface area contributed by atoms with E-state index in [1.807, 2.05) is 47.5 Å². The van der Waals surface area contributed by atoms with Gasteiger partial charge in [0, 0.05) is 12.4 Å². The summed E-state index contributed by atoms with van der Waals surface area (Å²) >= 11 is 1.81. The molecule has 0 aliphatic carbocycles. The second-order valence-corrected chi connectivity index (χ2v) is 1.51. The van der Waals surface area contributed by atoms with Crippen LogP contribution in [0.2, 0.25) is 0 Å². The second-order valence-electron chi connectivity index (χ2n) is 1.11. The quantitative estimate of drug-likeness (QED) is 0.635. The fourth-order valence-corrected chi connectivity index (χ4v) is 0.627. The van der Waals surface area contributed by atoms with Crippen molar-refractivity contribution in [2.45, 2.75) is 0 Å². The second kappa shape index (κ2) is 2.20. The Labute approximate surface area is 55.7 Å². The Bertz CT molecular complexity index is 126. The van der Waals surface area contributed by atoms with E-state index in [0.29, 0.717) is 0 Å². The standard InChI is InChI=1S/C4H4INO/c5-7-6-3-1-2-4-6/h1-4H. The molecule has 0 saturated carbocycles. The van der Waals surface area contributed by atoms with Crippen LogP contribution in [0.25, 0.3) is 0 Å². The van der Waals surface area contributed by atoms with Crippen LogP contribution in [0.4, 0.5) is 0 Å². The van der Waals surface area contributed by atoms with Crippen molar-refractivity contribution in [3.63, 3.8) is 0 Å². The van der Waals surface area contributed by atoms with Crippen LogP contribution in [-0.2, 0) is 0 Å². The third-order valence-electron chi connectivity index (χ3n) is 0.657. The molecule has 0 unspecified atom stereocenters. The normalized spacial score (nSPS) is 8.71. The first-order valence-electron chi connectivity index (χ1n) is 1.85. The van der Waals surface area contributed by atoms with Gasteiger partial charge in [0.25, 0.3) is 0 Å². The van der Waals surface area contributed by atoms with Crippen molar-refractivity contribution in [2.24, 2.45) is 0 Å². The van der Waals surface area contributed by atoms with Crippen LogP contribution in [0.15, 0.2) is 24.5 Å². The zero-order chi connectivity index (χ0) is 5.11. The van der Waals surface area contributed by atoms with Gasteiger partial charge in [0.2, 0.25) is 23.0 Å². The average Bonchev–Trinajstić information content (AvgIpc) is 2.14. The van der Waals surface area contributed by atoms with Crippen LogP contribution >= 0.6 is 23.0 Å². The minimum atomic E-state index is 1.61. The van der Waals surface area contributed by atoms with E-state index in [1.165, 1.54) is 0 Å². The molecular weight excluding hydrogens is 205 g/mol. The minimum Gasteiger partial charge on any atom is -0.346 e. The van der Waals surface area contributed by atoms with E-state index in [2.05, 4.69) is 0 Å². The molecule has 1 rings (SSSR count). The molecule has 0 saturated heterocycles. The zero-order valence-corrected chi connectivity index (χ0v) is 5.70. The molecule has 2 nitrogen and oxygen atoms in total. The number of halogens is 1. The highest BCUT2D eigenvalue weighted by molar-refractivity contribution is 14.1. The number of hydrogen-bond donors (Lipinski definition) is 0. The van der Waals surface area contributed by atoms with Gasteiger partial charge in [-0.1, -0.05) is 0 Å². The molecule has 0 spiro atoms. The van der Waals surface area contributed by atoms with Crippen molar-refractivity contribution in [3.8, 4) is 0 Å². The van der Waals surface area contributed by atoms with Crippen LogP contribution in [-0.4, -0.2) is 4.73 Å². The Morgan fingerprint density at radius 1 is 1.29 bits per heavy atom. The van der Waals surface area contributed by atoms with E-state index in [1.54, 1.807) is 4.73 Å². The highest BCUT2D eigenvalue weighted by atomic mass is 127. The summed E-state index contributed by atoms with van der Waals surface area (Å²) in [5.41, 5.74) is 0. The van der Waals surface area contributed by atoms with Gasteiger partial charge in [0.1, 0.15) is 0 Å². The number of nitrogens with zero attached hydrogens (tertiary/aromatic N) is 1. The van der Waals surface area contributed by atoms with Crippen molar-refractivity contribution in [3.05, 3.63) is 24.5 Å². The van der Waals surface area contributed by atoms with Crippen LogP contribution < -0.4 is 3.17 Å². The highest BCUT2D eigenvalue weighted by Crippen LogP contribution is 1.87. The van der Waals surface area contributed by atoms with E-state index >= 15 is 0 Å². The summed E-state index contributed by atoms with van der Waals surface area (Å²) in [6.45, 7) is 0. The molecule has 0 N–H and O–H groups in total. The van der Waals surface area contributed by atoms with E-state index in [-0.39, 0.29) is 0 Å². The Hall–Kier alpha value is -0.190. The lowest BCUT2D eigenvalue weighted by Gasteiger charge is -1.90. The lowest BCUT2D eigenvalue weighted by Crippen LogP contribution is -1.92. The molecule has 1 aromatic rings. The third kappa shape index (κ3) is 1.09. The molecule has 7 heavy (non-hydrogen) atoms. The topological polar surface area (TPSA) is 14.2 Å². The van der Waals surface area contributed by atoms with Crippen molar-refractivity contribution in [1.82, 2.24) is 4.73 Å². The molecule has 38 valence electrons.